The maximum atomic E-state index is 14.3. The van der Waals surface area contributed by atoms with Crippen LogP contribution in [0.5, 0.6) is 0 Å². The topological polar surface area (TPSA) is 68.1 Å². The Kier molecular flexibility index (Phi) is 4.39. The summed E-state index contributed by atoms with van der Waals surface area (Å²) in [6.07, 6.45) is 0. The van der Waals surface area contributed by atoms with Crippen molar-refractivity contribution in [2.24, 2.45) is 0 Å². The molecule has 2 fully saturated rings. The molecule has 7 nitrogen and oxygen atoms in total. The molecule has 2 aliphatic heterocycles. The average Bonchev–Trinajstić information content (AvgIpc) is 2.56. The Morgan fingerprint density at radius 1 is 0.955 bits per heavy atom. The molecule has 0 aromatic heterocycles. The maximum absolute atomic E-state index is 14.3. The second kappa shape index (κ2) is 6.45. The first-order valence-electron chi connectivity index (χ1n) is 7.30. The molecule has 1 aromatic carbocycles. The highest BCUT2D eigenvalue weighted by Gasteiger charge is 2.26. The van der Waals surface area contributed by atoms with E-state index in [0.717, 1.165) is 6.07 Å². The van der Waals surface area contributed by atoms with Crippen molar-refractivity contribution in [2.75, 3.05) is 62.4 Å². The molecule has 0 amide bonds. The number of anilines is 2. The molecule has 2 saturated heterocycles. The molecule has 0 saturated carbocycles. The van der Waals surface area contributed by atoms with Crippen LogP contribution in [0.1, 0.15) is 0 Å². The molecule has 0 bridgehead atoms. The molecule has 0 radical (unpaired) electrons. The second-order valence-electron chi connectivity index (χ2n) is 5.25. The van der Waals surface area contributed by atoms with Gasteiger partial charge in [-0.15, -0.1) is 0 Å². The Morgan fingerprint density at radius 2 is 1.45 bits per heavy atom. The van der Waals surface area contributed by atoms with Crippen molar-refractivity contribution in [1.29, 1.82) is 0 Å². The van der Waals surface area contributed by atoms with Crippen molar-refractivity contribution in [3.8, 4) is 0 Å². The van der Waals surface area contributed by atoms with Crippen LogP contribution in [0.2, 0.25) is 0 Å². The second-order valence-corrected chi connectivity index (χ2v) is 5.25. The molecule has 120 valence electrons. The van der Waals surface area contributed by atoms with Gasteiger partial charge in [-0.25, -0.2) is 4.39 Å². The Hall–Kier alpha value is -1.93. The van der Waals surface area contributed by atoms with Crippen LogP contribution < -0.4 is 9.80 Å². The van der Waals surface area contributed by atoms with E-state index in [1.165, 1.54) is 0 Å². The van der Waals surface area contributed by atoms with Crippen molar-refractivity contribution >= 4 is 17.1 Å². The number of nitrogens with zero attached hydrogens (tertiary/aromatic N) is 3. The molecule has 0 atom stereocenters. The van der Waals surface area contributed by atoms with Gasteiger partial charge >= 0.3 is 0 Å². The number of ether oxygens (including phenoxy) is 2. The number of nitro groups is 1. The SMILES string of the molecule is O=[N+]([O-])c1cc(F)c(N2CCOCC2)cc1N1CCOCC1. The molecule has 22 heavy (non-hydrogen) atoms. The van der Waals surface area contributed by atoms with Gasteiger partial charge in [0.15, 0.2) is 5.82 Å². The predicted molar refractivity (Wildman–Crippen MR) is 79.1 cm³/mol. The normalized spacial score (nSPS) is 19.3. The van der Waals surface area contributed by atoms with Gasteiger partial charge in [-0.3, -0.25) is 10.1 Å². The summed E-state index contributed by atoms with van der Waals surface area (Å²) < 4.78 is 24.9. The Bertz CT molecular complexity index is 557. The molecule has 2 aliphatic rings. The van der Waals surface area contributed by atoms with E-state index in [2.05, 4.69) is 0 Å². The fraction of sp³-hybridized carbons (Fsp3) is 0.571. The summed E-state index contributed by atoms with van der Waals surface area (Å²) in [4.78, 5) is 14.5. The van der Waals surface area contributed by atoms with E-state index in [-0.39, 0.29) is 5.69 Å². The van der Waals surface area contributed by atoms with Crippen LogP contribution in [0.4, 0.5) is 21.5 Å². The lowest BCUT2D eigenvalue weighted by atomic mass is 10.1. The van der Waals surface area contributed by atoms with E-state index >= 15 is 0 Å². The maximum Gasteiger partial charge on any atom is 0.295 e. The van der Waals surface area contributed by atoms with E-state index in [4.69, 9.17) is 9.47 Å². The highest BCUT2D eigenvalue weighted by molar-refractivity contribution is 5.71. The summed E-state index contributed by atoms with van der Waals surface area (Å²) in [5.74, 6) is -0.564. The quantitative estimate of drug-likeness (QED) is 0.621. The van der Waals surface area contributed by atoms with Crippen molar-refractivity contribution in [2.45, 2.75) is 0 Å². The Labute approximate surface area is 127 Å². The monoisotopic (exact) mass is 311 g/mol. The predicted octanol–water partition coefficient (Wildman–Crippen LogP) is 1.41. The highest BCUT2D eigenvalue weighted by Crippen LogP contribution is 2.35. The summed E-state index contributed by atoms with van der Waals surface area (Å²) in [5, 5.41) is 11.3. The Balaban J connectivity index is 1.98. The number of morpholine rings is 2. The van der Waals surface area contributed by atoms with Crippen LogP contribution >= 0.6 is 0 Å². The molecule has 1 aromatic rings. The summed E-state index contributed by atoms with van der Waals surface area (Å²) in [7, 11) is 0. The first-order chi connectivity index (χ1) is 10.7. The third-order valence-corrected chi connectivity index (χ3v) is 3.94. The third-order valence-electron chi connectivity index (χ3n) is 3.94. The van der Waals surface area contributed by atoms with Gasteiger partial charge < -0.3 is 19.3 Å². The van der Waals surface area contributed by atoms with Crippen LogP contribution in [0.3, 0.4) is 0 Å². The van der Waals surface area contributed by atoms with Gasteiger partial charge in [-0.05, 0) is 6.07 Å². The van der Waals surface area contributed by atoms with Crippen LogP contribution in [-0.2, 0) is 9.47 Å². The van der Waals surface area contributed by atoms with Crippen LogP contribution in [0.15, 0.2) is 12.1 Å². The van der Waals surface area contributed by atoms with Crippen LogP contribution in [0, 0.1) is 15.9 Å². The highest BCUT2D eigenvalue weighted by atomic mass is 19.1. The smallest absolute Gasteiger partial charge is 0.295 e. The number of nitro benzene ring substituents is 1. The first-order valence-corrected chi connectivity index (χ1v) is 7.30. The van der Waals surface area contributed by atoms with Crippen molar-refractivity contribution in [3.05, 3.63) is 28.1 Å². The number of benzene rings is 1. The van der Waals surface area contributed by atoms with Crippen molar-refractivity contribution < 1.29 is 18.8 Å². The van der Waals surface area contributed by atoms with Gasteiger partial charge in [-0.1, -0.05) is 0 Å². The van der Waals surface area contributed by atoms with Gasteiger partial charge in [-0.2, -0.15) is 0 Å². The molecule has 2 heterocycles. The average molecular weight is 311 g/mol. The van der Waals surface area contributed by atoms with E-state index in [0.29, 0.717) is 64.0 Å². The summed E-state index contributed by atoms with van der Waals surface area (Å²) in [6.45, 7) is 4.38. The zero-order valence-corrected chi connectivity index (χ0v) is 12.2. The third kappa shape index (κ3) is 2.97. The molecular weight excluding hydrogens is 293 g/mol. The number of halogens is 1. The largest absolute Gasteiger partial charge is 0.378 e. The molecule has 0 N–H and O–H groups in total. The molecule has 8 heteroatoms. The fourth-order valence-corrected chi connectivity index (χ4v) is 2.79. The lowest BCUT2D eigenvalue weighted by Gasteiger charge is -2.32. The summed E-state index contributed by atoms with van der Waals surface area (Å²) >= 11 is 0. The molecule has 0 aliphatic carbocycles. The Morgan fingerprint density at radius 3 is 1.95 bits per heavy atom. The summed E-state index contributed by atoms with van der Waals surface area (Å²) in [6, 6.07) is 2.61. The molecule has 3 rings (SSSR count). The van der Waals surface area contributed by atoms with Crippen molar-refractivity contribution in [1.82, 2.24) is 0 Å². The van der Waals surface area contributed by atoms with Gasteiger partial charge in [0.25, 0.3) is 5.69 Å². The first kappa shape index (κ1) is 15.0. The van der Waals surface area contributed by atoms with Crippen LogP contribution in [-0.4, -0.2) is 57.5 Å². The van der Waals surface area contributed by atoms with Gasteiger partial charge in [0.05, 0.1) is 43.1 Å². The molecule has 0 unspecified atom stereocenters. The van der Waals surface area contributed by atoms with E-state index < -0.39 is 10.7 Å². The summed E-state index contributed by atoms with van der Waals surface area (Å²) in [5.41, 5.74) is 0.656. The molecular formula is C14H18FN3O4. The minimum atomic E-state index is -0.564. The lowest BCUT2D eigenvalue weighted by Crippen LogP contribution is -2.38. The van der Waals surface area contributed by atoms with E-state index in [9.17, 15) is 14.5 Å². The lowest BCUT2D eigenvalue weighted by molar-refractivity contribution is -0.384. The molecule has 0 spiro atoms. The minimum absolute atomic E-state index is 0.198. The van der Waals surface area contributed by atoms with Crippen molar-refractivity contribution in [3.63, 3.8) is 0 Å². The van der Waals surface area contributed by atoms with Gasteiger partial charge in [0.2, 0.25) is 0 Å². The number of rotatable bonds is 3. The number of hydrogen-bond donors (Lipinski definition) is 0. The minimum Gasteiger partial charge on any atom is -0.378 e. The van der Waals surface area contributed by atoms with Gasteiger partial charge in [0, 0.05) is 26.2 Å². The fourth-order valence-electron chi connectivity index (χ4n) is 2.79. The van der Waals surface area contributed by atoms with E-state index in [1.807, 2.05) is 9.80 Å². The van der Waals surface area contributed by atoms with Crippen LogP contribution in [0.25, 0.3) is 0 Å². The van der Waals surface area contributed by atoms with Gasteiger partial charge in [0.1, 0.15) is 5.69 Å². The standard InChI is InChI=1S/C14H18FN3O4/c15-11-9-14(18(19)20)13(17-3-7-22-8-4-17)10-12(11)16-1-5-21-6-2-16/h9-10H,1-8H2. The zero-order chi connectivity index (χ0) is 15.5. The number of hydrogen-bond acceptors (Lipinski definition) is 6. The van der Waals surface area contributed by atoms with E-state index in [1.54, 1.807) is 6.07 Å². The zero-order valence-electron chi connectivity index (χ0n) is 12.2.